The summed E-state index contributed by atoms with van der Waals surface area (Å²) >= 11 is 0. The van der Waals surface area contributed by atoms with Gasteiger partial charge in [0, 0.05) is 25.7 Å². The first kappa shape index (κ1) is 17.2. The minimum absolute atomic E-state index is 0.105. The first-order chi connectivity index (χ1) is 9.29. The van der Waals surface area contributed by atoms with Crippen LogP contribution in [0.4, 0.5) is 0 Å². The zero-order valence-corrected chi connectivity index (χ0v) is 14.1. The van der Waals surface area contributed by atoms with Crippen LogP contribution in [0.3, 0.4) is 0 Å². The highest BCUT2D eigenvalue weighted by atomic mass is 15.1. The normalized spacial score (nSPS) is 13.5. The van der Waals surface area contributed by atoms with Crippen LogP contribution in [0.15, 0.2) is 18.2 Å². The summed E-state index contributed by atoms with van der Waals surface area (Å²) in [6, 6.07) is 6.69. The molecule has 1 aromatic carbocycles. The Morgan fingerprint density at radius 3 is 1.95 bits per heavy atom. The second-order valence-corrected chi connectivity index (χ2v) is 6.97. The van der Waals surface area contributed by atoms with Gasteiger partial charge in [-0.05, 0) is 36.8 Å². The first-order valence-electron chi connectivity index (χ1n) is 7.84. The van der Waals surface area contributed by atoms with Gasteiger partial charge in [-0.1, -0.05) is 51.5 Å². The zero-order chi connectivity index (χ0) is 15.3. The molecule has 0 fully saturated rings. The third-order valence-electron chi connectivity index (χ3n) is 3.53. The highest BCUT2D eigenvalue weighted by molar-refractivity contribution is 5.32. The van der Waals surface area contributed by atoms with Gasteiger partial charge >= 0.3 is 0 Å². The van der Waals surface area contributed by atoms with Gasteiger partial charge in [0.15, 0.2) is 0 Å². The van der Waals surface area contributed by atoms with Gasteiger partial charge in [0.05, 0.1) is 0 Å². The molecule has 1 atom stereocenters. The van der Waals surface area contributed by atoms with Crippen molar-refractivity contribution < 1.29 is 0 Å². The summed E-state index contributed by atoms with van der Waals surface area (Å²) < 4.78 is 0. The summed E-state index contributed by atoms with van der Waals surface area (Å²) in [7, 11) is 0. The Bertz CT molecular complexity index is 400. The SMILES string of the molecule is Cc1ccc(C(N)CN(CC(C)C)CC(C)C)c(C)c1. The van der Waals surface area contributed by atoms with Crippen LogP contribution in [-0.2, 0) is 0 Å². The van der Waals surface area contributed by atoms with Crippen molar-refractivity contribution in [3.05, 3.63) is 34.9 Å². The van der Waals surface area contributed by atoms with Crippen LogP contribution in [0.1, 0.15) is 50.4 Å². The van der Waals surface area contributed by atoms with Crippen molar-refractivity contribution in [2.24, 2.45) is 17.6 Å². The molecule has 0 aromatic heterocycles. The monoisotopic (exact) mass is 276 g/mol. The molecule has 2 N–H and O–H groups in total. The Morgan fingerprint density at radius 1 is 0.950 bits per heavy atom. The lowest BCUT2D eigenvalue weighted by molar-refractivity contribution is 0.207. The van der Waals surface area contributed by atoms with E-state index in [1.165, 1.54) is 16.7 Å². The van der Waals surface area contributed by atoms with E-state index in [-0.39, 0.29) is 6.04 Å². The molecule has 0 aliphatic carbocycles. The summed E-state index contributed by atoms with van der Waals surface area (Å²) in [4.78, 5) is 2.51. The molecule has 0 radical (unpaired) electrons. The number of hydrogen-bond donors (Lipinski definition) is 1. The van der Waals surface area contributed by atoms with Crippen molar-refractivity contribution in [3.8, 4) is 0 Å². The van der Waals surface area contributed by atoms with E-state index in [9.17, 15) is 0 Å². The van der Waals surface area contributed by atoms with Crippen molar-refractivity contribution in [2.45, 2.75) is 47.6 Å². The summed E-state index contributed by atoms with van der Waals surface area (Å²) in [6.45, 7) is 16.6. The number of benzene rings is 1. The molecule has 0 bridgehead atoms. The Hall–Kier alpha value is -0.860. The summed E-state index contributed by atoms with van der Waals surface area (Å²) in [6.07, 6.45) is 0. The molecule has 1 rings (SSSR count). The molecule has 0 aliphatic heterocycles. The van der Waals surface area contributed by atoms with Crippen molar-refractivity contribution in [1.29, 1.82) is 0 Å². The van der Waals surface area contributed by atoms with Gasteiger partial charge in [0.2, 0.25) is 0 Å². The average molecular weight is 276 g/mol. The Labute approximate surface area is 125 Å². The number of aryl methyl sites for hydroxylation is 2. The van der Waals surface area contributed by atoms with E-state index < -0.39 is 0 Å². The van der Waals surface area contributed by atoms with Crippen LogP contribution in [0.2, 0.25) is 0 Å². The number of rotatable bonds is 7. The quantitative estimate of drug-likeness (QED) is 0.818. The largest absolute Gasteiger partial charge is 0.323 e. The van der Waals surface area contributed by atoms with E-state index in [0.717, 1.165) is 19.6 Å². The number of nitrogens with two attached hydrogens (primary N) is 1. The van der Waals surface area contributed by atoms with Crippen molar-refractivity contribution in [2.75, 3.05) is 19.6 Å². The fraction of sp³-hybridized carbons (Fsp3) is 0.667. The average Bonchev–Trinajstić information content (AvgIpc) is 2.26. The van der Waals surface area contributed by atoms with Gasteiger partial charge in [0.1, 0.15) is 0 Å². The molecule has 0 spiro atoms. The van der Waals surface area contributed by atoms with Crippen molar-refractivity contribution in [1.82, 2.24) is 4.90 Å². The second kappa shape index (κ2) is 7.80. The molecule has 20 heavy (non-hydrogen) atoms. The molecule has 0 saturated heterocycles. The van der Waals surface area contributed by atoms with Gasteiger partial charge in [-0.25, -0.2) is 0 Å². The topological polar surface area (TPSA) is 29.3 Å². The van der Waals surface area contributed by atoms with Gasteiger partial charge in [-0.2, -0.15) is 0 Å². The number of nitrogens with zero attached hydrogens (tertiary/aromatic N) is 1. The van der Waals surface area contributed by atoms with E-state index in [1.807, 2.05) is 0 Å². The lowest BCUT2D eigenvalue weighted by Crippen LogP contribution is -2.37. The van der Waals surface area contributed by atoms with Gasteiger partial charge in [0.25, 0.3) is 0 Å². The Kier molecular flexibility index (Phi) is 6.70. The third-order valence-corrected chi connectivity index (χ3v) is 3.53. The van der Waals surface area contributed by atoms with E-state index >= 15 is 0 Å². The molecule has 1 unspecified atom stereocenters. The lowest BCUT2D eigenvalue weighted by atomic mass is 9.99. The molecule has 2 heteroatoms. The highest BCUT2D eigenvalue weighted by Crippen LogP contribution is 2.19. The molecule has 1 aromatic rings. The van der Waals surface area contributed by atoms with Crippen molar-refractivity contribution in [3.63, 3.8) is 0 Å². The predicted octanol–water partition coefficient (Wildman–Crippen LogP) is 3.92. The van der Waals surface area contributed by atoms with Gasteiger partial charge < -0.3 is 10.6 Å². The highest BCUT2D eigenvalue weighted by Gasteiger charge is 2.16. The first-order valence-corrected chi connectivity index (χ1v) is 7.84. The van der Waals surface area contributed by atoms with E-state index in [1.54, 1.807) is 0 Å². The van der Waals surface area contributed by atoms with Gasteiger partial charge in [-0.3, -0.25) is 0 Å². The fourth-order valence-corrected chi connectivity index (χ4v) is 2.87. The molecule has 0 aliphatic rings. The van der Waals surface area contributed by atoms with Crippen LogP contribution >= 0.6 is 0 Å². The van der Waals surface area contributed by atoms with Gasteiger partial charge in [-0.15, -0.1) is 0 Å². The summed E-state index contributed by atoms with van der Waals surface area (Å²) in [5.74, 6) is 1.36. The van der Waals surface area contributed by atoms with E-state index in [2.05, 4.69) is 64.6 Å². The molecule has 114 valence electrons. The molecule has 0 heterocycles. The maximum Gasteiger partial charge on any atom is 0.0426 e. The minimum Gasteiger partial charge on any atom is -0.323 e. The molecule has 2 nitrogen and oxygen atoms in total. The molecule has 0 saturated carbocycles. The van der Waals surface area contributed by atoms with Crippen LogP contribution < -0.4 is 5.73 Å². The predicted molar refractivity (Wildman–Crippen MR) is 89.0 cm³/mol. The summed E-state index contributed by atoms with van der Waals surface area (Å²) in [5, 5.41) is 0. The zero-order valence-electron chi connectivity index (χ0n) is 14.1. The Balaban J connectivity index is 2.75. The summed E-state index contributed by atoms with van der Waals surface area (Å²) in [5.41, 5.74) is 10.4. The second-order valence-electron chi connectivity index (χ2n) is 6.97. The minimum atomic E-state index is 0.105. The standard InChI is InChI=1S/C18H32N2/c1-13(2)10-20(11-14(3)4)12-18(19)17-8-7-15(5)9-16(17)6/h7-9,13-14,18H,10-12,19H2,1-6H3. The number of hydrogen-bond acceptors (Lipinski definition) is 2. The maximum atomic E-state index is 6.46. The molecule has 0 amide bonds. The van der Waals surface area contributed by atoms with E-state index in [4.69, 9.17) is 5.73 Å². The molecular weight excluding hydrogens is 244 g/mol. The van der Waals surface area contributed by atoms with Crippen LogP contribution in [0.5, 0.6) is 0 Å². The smallest absolute Gasteiger partial charge is 0.0426 e. The van der Waals surface area contributed by atoms with Crippen LogP contribution in [0, 0.1) is 25.7 Å². The van der Waals surface area contributed by atoms with Crippen LogP contribution in [0.25, 0.3) is 0 Å². The van der Waals surface area contributed by atoms with Crippen molar-refractivity contribution >= 4 is 0 Å². The van der Waals surface area contributed by atoms with E-state index in [0.29, 0.717) is 11.8 Å². The fourth-order valence-electron chi connectivity index (χ4n) is 2.87. The maximum absolute atomic E-state index is 6.46. The lowest BCUT2D eigenvalue weighted by Gasteiger charge is -2.29. The molecular formula is C18H32N2. The Morgan fingerprint density at radius 2 is 1.50 bits per heavy atom. The van der Waals surface area contributed by atoms with Crippen LogP contribution in [-0.4, -0.2) is 24.5 Å². The third kappa shape index (κ3) is 5.64.